The molecule has 3 rings (SSSR count). The summed E-state index contributed by atoms with van der Waals surface area (Å²) in [5.41, 5.74) is 1.39. The number of carboxylic acids is 1. The number of aromatic nitrogens is 1. The first-order valence-electron chi connectivity index (χ1n) is 6.97. The highest BCUT2D eigenvalue weighted by Crippen LogP contribution is 2.41. The molecule has 1 aliphatic heterocycles. The average Bonchev–Trinajstić information content (AvgIpc) is 2.95. The van der Waals surface area contributed by atoms with Crippen molar-refractivity contribution in [3.63, 3.8) is 0 Å². The fraction of sp³-hybridized carbons (Fsp3) is 0.400. The van der Waals surface area contributed by atoms with Crippen molar-refractivity contribution in [3.8, 4) is 5.75 Å². The largest absolute Gasteiger partial charge is 0.550 e. The first kappa shape index (κ1) is 14.9. The van der Waals surface area contributed by atoms with Crippen molar-refractivity contribution < 1.29 is 23.4 Å². The summed E-state index contributed by atoms with van der Waals surface area (Å²) in [6.45, 7) is 2.19. The van der Waals surface area contributed by atoms with E-state index in [1.54, 1.807) is 13.0 Å². The van der Waals surface area contributed by atoms with Gasteiger partial charge in [-0.3, -0.25) is 0 Å². The second-order valence-corrected chi connectivity index (χ2v) is 7.86. The van der Waals surface area contributed by atoms with Crippen LogP contribution in [0.15, 0.2) is 23.1 Å². The molecule has 0 saturated heterocycles. The lowest BCUT2D eigenvalue weighted by Crippen LogP contribution is -2.32. The predicted molar refractivity (Wildman–Crippen MR) is 78.2 cm³/mol. The van der Waals surface area contributed by atoms with Crippen molar-refractivity contribution in [1.29, 1.82) is 0 Å². The molecule has 7 heteroatoms. The van der Waals surface area contributed by atoms with Gasteiger partial charge in [-0.25, -0.2) is 8.42 Å². The first-order chi connectivity index (χ1) is 10.2. The summed E-state index contributed by atoms with van der Waals surface area (Å²) in [6, 6.07) is 4.46. The van der Waals surface area contributed by atoms with E-state index in [0.717, 1.165) is 11.9 Å². The van der Waals surface area contributed by atoms with Gasteiger partial charge in [0.1, 0.15) is 5.75 Å². The van der Waals surface area contributed by atoms with Crippen molar-refractivity contribution in [2.45, 2.75) is 30.7 Å². The van der Waals surface area contributed by atoms with Crippen LogP contribution in [0, 0.1) is 5.92 Å². The minimum Gasteiger partial charge on any atom is -0.550 e. The Morgan fingerprint density at radius 3 is 2.68 bits per heavy atom. The number of aryl methyl sites for hydroxylation is 1. The molecule has 1 aromatic carbocycles. The molecular weight excluding hydrogens is 306 g/mol. The van der Waals surface area contributed by atoms with E-state index in [1.165, 1.54) is 12.1 Å². The molecule has 1 N–H and O–H groups in total. The molecule has 2 aromatic rings. The van der Waals surface area contributed by atoms with Crippen molar-refractivity contribution in [1.82, 2.24) is 4.57 Å². The van der Waals surface area contributed by atoms with Crippen LogP contribution in [-0.2, 0) is 21.2 Å². The van der Waals surface area contributed by atoms with Gasteiger partial charge in [0.05, 0.1) is 10.4 Å². The number of carbonyl (C=O) groups excluding carboxylic acids is 1. The van der Waals surface area contributed by atoms with Crippen molar-refractivity contribution in [3.05, 3.63) is 23.9 Å². The van der Waals surface area contributed by atoms with Crippen LogP contribution in [0.4, 0.5) is 0 Å². The predicted octanol–water partition coefficient (Wildman–Crippen LogP) is 0.624. The average molecular weight is 322 g/mol. The molecule has 0 fully saturated rings. The zero-order chi connectivity index (χ0) is 16.2. The molecule has 2 atom stereocenters. The Hall–Kier alpha value is -2.02. The number of benzene rings is 1. The maximum absolute atomic E-state index is 11.9. The van der Waals surface area contributed by atoms with Crippen LogP contribution in [0.5, 0.6) is 5.75 Å². The summed E-state index contributed by atoms with van der Waals surface area (Å²) < 4.78 is 25.7. The molecule has 0 aliphatic carbocycles. The molecule has 0 amide bonds. The van der Waals surface area contributed by atoms with Gasteiger partial charge < -0.3 is 19.6 Å². The Balaban J connectivity index is 2.27. The molecule has 0 saturated carbocycles. The molecule has 1 aromatic heterocycles. The fourth-order valence-corrected chi connectivity index (χ4v) is 4.18. The Bertz CT molecular complexity index is 881. The maximum Gasteiger partial charge on any atom is 0.176 e. The number of aromatic hydroxyl groups is 1. The van der Waals surface area contributed by atoms with E-state index < -0.39 is 21.7 Å². The van der Waals surface area contributed by atoms with Crippen molar-refractivity contribution >= 4 is 26.7 Å². The third kappa shape index (κ3) is 2.16. The minimum atomic E-state index is -3.50. The van der Waals surface area contributed by atoms with E-state index >= 15 is 0 Å². The monoisotopic (exact) mass is 322 g/mol. The van der Waals surface area contributed by atoms with Gasteiger partial charge in [0.2, 0.25) is 0 Å². The third-order valence-corrected chi connectivity index (χ3v) is 5.55. The molecular formula is C15H16NO5S-. The van der Waals surface area contributed by atoms with Gasteiger partial charge in [0.15, 0.2) is 9.84 Å². The summed E-state index contributed by atoms with van der Waals surface area (Å²) in [6.07, 6.45) is 1.75. The molecule has 2 unspecified atom stereocenters. The SMILES string of the molecule is CC(C(=O)[O-])C1CCn2c1cc1c(S(C)(=O)=O)cc(O)cc12. The second-order valence-electron chi connectivity index (χ2n) is 5.87. The Labute approximate surface area is 127 Å². The first-order valence-corrected chi connectivity index (χ1v) is 8.86. The number of sulfone groups is 1. The topological polar surface area (TPSA) is 99.4 Å². The molecule has 0 bridgehead atoms. The zero-order valence-corrected chi connectivity index (χ0v) is 13.1. The number of aliphatic carboxylic acids is 1. The number of hydrogen-bond acceptors (Lipinski definition) is 5. The highest BCUT2D eigenvalue weighted by atomic mass is 32.2. The van der Waals surface area contributed by atoms with Crippen LogP contribution >= 0.6 is 0 Å². The third-order valence-electron chi connectivity index (χ3n) is 4.42. The minimum absolute atomic E-state index is 0.0595. The van der Waals surface area contributed by atoms with Crippen LogP contribution in [-0.4, -0.2) is 30.3 Å². The van der Waals surface area contributed by atoms with Crippen LogP contribution in [0.25, 0.3) is 10.9 Å². The summed E-state index contributed by atoms with van der Waals surface area (Å²) >= 11 is 0. The van der Waals surface area contributed by atoms with Crippen LogP contribution in [0.2, 0.25) is 0 Å². The van der Waals surface area contributed by atoms with E-state index in [4.69, 9.17) is 0 Å². The Morgan fingerprint density at radius 2 is 2.09 bits per heavy atom. The fourth-order valence-electron chi connectivity index (χ4n) is 3.28. The van der Waals surface area contributed by atoms with Crippen molar-refractivity contribution in [2.24, 2.45) is 5.92 Å². The summed E-state index contributed by atoms with van der Waals surface area (Å²) in [4.78, 5) is 11.2. The normalized spacial score (nSPS) is 19.3. The zero-order valence-electron chi connectivity index (χ0n) is 12.2. The number of nitrogens with zero attached hydrogens (tertiary/aromatic N) is 1. The number of hydrogen-bond donors (Lipinski definition) is 1. The second kappa shape index (κ2) is 4.74. The molecule has 6 nitrogen and oxygen atoms in total. The quantitative estimate of drug-likeness (QED) is 0.893. The lowest BCUT2D eigenvalue weighted by molar-refractivity contribution is -0.311. The Morgan fingerprint density at radius 1 is 1.41 bits per heavy atom. The van der Waals surface area contributed by atoms with E-state index in [9.17, 15) is 23.4 Å². The highest BCUT2D eigenvalue weighted by Gasteiger charge is 2.31. The van der Waals surface area contributed by atoms with Crippen LogP contribution in [0.3, 0.4) is 0 Å². The van der Waals surface area contributed by atoms with Gasteiger partial charge in [0.25, 0.3) is 0 Å². The number of rotatable bonds is 3. The van der Waals surface area contributed by atoms with E-state index in [2.05, 4.69) is 0 Å². The van der Waals surface area contributed by atoms with Gasteiger partial charge >= 0.3 is 0 Å². The van der Waals surface area contributed by atoms with Crippen molar-refractivity contribution in [2.75, 3.05) is 6.26 Å². The van der Waals surface area contributed by atoms with E-state index in [-0.39, 0.29) is 16.6 Å². The van der Waals surface area contributed by atoms with Gasteiger partial charge in [-0.05, 0) is 18.6 Å². The summed E-state index contributed by atoms with van der Waals surface area (Å²) in [5, 5.41) is 21.5. The standard InChI is InChI=1S/C15H17NO5S/c1-8(15(18)19)10-3-4-16-12-5-9(17)6-14(22(2,20)21)11(12)7-13(10)16/h5-8,10,17H,3-4H2,1-2H3,(H,18,19)/p-1. The number of phenolic OH excluding ortho intramolecular Hbond substituents is 1. The molecule has 0 spiro atoms. The van der Waals surface area contributed by atoms with Gasteiger partial charge in [-0.15, -0.1) is 0 Å². The van der Waals surface area contributed by atoms with Gasteiger partial charge in [-0.1, -0.05) is 6.92 Å². The van der Waals surface area contributed by atoms with E-state index in [1.807, 2.05) is 4.57 Å². The van der Waals surface area contributed by atoms with Crippen LogP contribution < -0.4 is 5.11 Å². The summed E-state index contributed by atoms with van der Waals surface area (Å²) in [5.74, 6) is -2.10. The molecule has 22 heavy (non-hydrogen) atoms. The van der Waals surface area contributed by atoms with Gasteiger partial charge in [-0.2, -0.15) is 0 Å². The molecule has 0 radical (unpaired) electrons. The molecule has 2 heterocycles. The lowest BCUT2D eigenvalue weighted by atomic mass is 9.90. The van der Waals surface area contributed by atoms with Crippen LogP contribution in [0.1, 0.15) is 25.0 Å². The van der Waals surface area contributed by atoms with Gasteiger partial charge in [0, 0.05) is 47.8 Å². The number of carbonyl (C=O) groups is 1. The van der Waals surface area contributed by atoms with E-state index in [0.29, 0.717) is 23.9 Å². The molecule has 118 valence electrons. The lowest BCUT2D eigenvalue weighted by Gasteiger charge is -2.19. The highest BCUT2D eigenvalue weighted by molar-refractivity contribution is 7.91. The number of phenols is 1. The smallest absolute Gasteiger partial charge is 0.176 e. The number of carboxylic acid groups (broad SMARTS) is 1. The maximum atomic E-state index is 11.9. The number of fused-ring (bicyclic) bond motifs is 3. The summed E-state index contributed by atoms with van der Waals surface area (Å²) in [7, 11) is -3.50. The molecule has 1 aliphatic rings. The Kier molecular flexibility index (Phi) is 3.21.